The van der Waals surface area contributed by atoms with Gasteiger partial charge in [0.1, 0.15) is 5.75 Å². The van der Waals surface area contributed by atoms with Gasteiger partial charge in [-0.05, 0) is 42.3 Å². The molecule has 0 saturated carbocycles. The normalized spacial score (nSPS) is 10.4. The van der Waals surface area contributed by atoms with Crippen molar-refractivity contribution in [2.75, 3.05) is 12.4 Å². The van der Waals surface area contributed by atoms with Crippen molar-refractivity contribution in [3.63, 3.8) is 0 Å². The zero-order valence-corrected chi connectivity index (χ0v) is 14.1. The molecule has 26 heavy (non-hydrogen) atoms. The third-order valence-electron chi connectivity index (χ3n) is 3.29. The summed E-state index contributed by atoms with van der Waals surface area (Å²) >= 11 is 0. The molecule has 0 heterocycles. The number of benzene rings is 2. The minimum atomic E-state index is -0.966. The molecule has 0 aliphatic carbocycles. The second-order valence-electron chi connectivity index (χ2n) is 5.21. The highest BCUT2D eigenvalue weighted by Gasteiger charge is 2.15. The van der Waals surface area contributed by atoms with Crippen LogP contribution in [0.2, 0.25) is 0 Å². The number of carbonyl (C=O) groups excluding carboxylic acids is 2. The molecular formula is C17H16N4O5. The zero-order valence-electron chi connectivity index (χ0n) is 14.1. The molecule has 2 N–H and O–H groups in total. The highest BCUT2D eigenvalue weighted by molar-refractivity contribution is 6.39. The van der Waals surface area contributed by atoms with Gasteiger partial charge in [-0.1, -0.05) is 6.07 Å². The van der Waals surface area contributed by atoms with Gasteiger partial charge >= 0.3 is 11.8 Å². The first-order chi connectivity index (χ1) is 12.4. The molecule has 2 rings (SSSR count). The Labute approximate surface area is 148 Å². The molecule has 9 heteroatoms. The van der Waals surface area contributed by atoms with E-state index in [9.17, 15) is 19.7 Å². The van der Waals surface area contributed by atoms with E-state index in [0.29, 0.717) is 17.0 Å². The number of rotatable bonds is 5. The van der Waals surface area contributed by atoms with Crippen LogP contribution < -0.4 is 15.5 Å². The van der Waals surface area contributed by atoms with Gasteiger partial charge in [-0.3, -0.25) is 19.7 Å². The van der Waals surface area contributed by atoms with Crippen molar-refractivity contribution >= 4 is 29.4 Å². The summed E-state index contributed by atoms with van der Waals surface area (Å²) in [7, 11) is 1.45. The molecule has 2 amide bonds. The molecule has 0 aliphatic heterocycles. The Morgan fingerprint density at radius 1 is 1.15 bits per heavy atom. The number of non-ortho nitro benzene ring substituents is 1. The number of amides is 2. The van der Waals surface area contributed by atoms with E-state index in [-0.39, 0.29) is 5.69 Å². The summed E-state index contributed by atoms with van der Waals surface area (Å²) in [6, 6.07) is 10.7. The van der Waals surface area contributed by atoms with E-state index in [2.05, 4.69) is 15.8 Å². The smallest absolute Gasteiger partial charge is 0.329 e. The molecule has 0 saturated heterocycles. The number of hydrogen-bond acceptors (Lipinski definition) is 6. The van der Waals surface area contributed by atoms with Crippen molar-refractivity contribution in [1.82, 2.24) is 5.43 Å². The number of nitrogens with zero attached hydrogens (tertiary/aromatic N) is 2. The van der Waals surface area contributed by atoms with Crippen LogP contribution in [0.3, 0.4) is 0 Å². The maximum absolute atomic E-state index is 11.9. The molecule has 2 aromatic rings. The predicted molar refractivity (Wildman–Crippen MR) is 95.2 cm³/mol. The third-order valence-corrected chi connectivity index (χ3v) is 3.29. The van der Waals surface area contributed by atoms with Gasteiger partial charge in [0.15, 0.2) is 0 Å². The van der Waals surface area contributed by atoms with Crippen LogP contribution in [0.1, 0.15) is 11.1 Å². The zero-order chi connectivity index (χ0) is 19.1. The first-order valence-corrected chi connectivity index (χ1v) is 7.44. The van der Waals surface area contributed by atoms with Gasteiger partial charge in [0.05, 0.1) is 23.9 Å². The summed E-state index contributed by atoms with van der Waals surface area (Å²) in [5.41, 5.74) is 3.81. The molecule has 0 aromatic heterocycles. The van der Waals surface area contributed by atoms with Crippen molar-refractivity contribution in [1.29, 1.82) is 0 Å². The summed E-state index contributed by atoms with van der Waals surface area (Å²) < 4.78 is 5.12. The van der Waals surface area contributed by atoms with Gasteiger partial charge in [-0.2, -0.15) is 5.10 Å². The summed E-state index contributed by atoms with van der Waals surface area (Å²) in [6.45, 7) is 1.84. The Morgan fingerprint density at radius 2 is 1.85 bits per heavy atom. The fourth-order valence-corrected chi connectivity index (χ4v) is 2.00. The number of carbonyl (C=O) groups is 2. The lowest BCUT2D eigenvalue weighted by Crippen LogP contribution is -2.32. The minimum absolute atomic E-state index is 0.0577. The monoisotopic (exact) mass is 356 g/mol. The number of nitro benzene ring substituents is 1. The summed E-state index contributed by atoms with van der Waals surface area (Å²) in [4.78, 5) is 33.8. The Hall–Kier alpha value is -3.75. The Bertz CT molecular complexity index is 862. The summed E-state index contributed by atoms with van der Waals surface area (Å²) in [6.07, 6.45) is 1.27. The van der Waals surface area contributed by atoms with Gasteiger partial charge in [0, 0.05) is 12.1 Å². The standard InChI is InChI=1S/C17H16N4O5/c1-11-3-8-15(26-2)14(9-11)19-16(22)17(23)20-18-10-12-4-6-13(7-5-12)21(24)25/h3-10H,1-2H3,(H,19,22)(H,20,23)/b18-10-. The predicted octanol–water partition coefficient (Wildman–Crippen LogP) is 2.00. The third kappa shape index (κ3) is 4.87. The van der Waals surface area contributed by atoms with Gasteiger partial charge in [0.25, 0.3) is 5.69 Å². The van der Waals surface area contributed by atoms with Gasteiger partial charge in [-0.25, -0.2) is 5.43 Å². The number of nitro groups is 1. The fraction of sp³-hybridized carbons (Fsp3) is 0.118. The van der Waals surface area contributed by atoms with Crippen LogP contribution in [0.15, 0.2) is 47.6 Å². The number of hydrogen-bond donors (Lipinski definition) is 2. The van der Waals surface area contributed by atoms with Crippen LogP contribution in [0, 0.1) is 17.0 Å². The molecule has 2 aromatic carbocycles. The van der Waals surface area contributed by atoms with E-state index in [1.54, 1.807) is 12.1 Å². The van der Waals surface area contributed by atoms with E-state index in [1.807, 2.05) is 13.0 Å². The second kappa shape index (κ2) is 8.38. The van der Waals surface area contributed by atoms with E-state index >= 15 is 0 Å². The topological polar surface area (TPSA) is 123 Å². The molecule has 0 radical (unpaired) electrons. The molecule has 134 valence electrons. The van der Waals surface area contributed by atoms with E-state index in [1.165, 1.54) is 37.6 Å². The average molecular weight is 356 g/mol. The van der Waals surface area contributed by atoms with E-state index in [4.69, 9.17) is 4.74 Å². The van der Waals surface area contributed by atoms with Crippen molar-refractivity contribution in [3.05, 3.63) is 63.7 Å². The van der Waals surface area contributed by atoms with Crippen LogP contribution in [-0.2, 0) is 9.59 Å². The summed E-state index contributed by atoms with van der Waals surface area (Å²) in [5, 5.41) is 16.7. The Balaban J connectivity index is 1.96. The maximum atomic E-state index is 11.9. The van der Waals surface area contributed by atoms with Crippen molar-refractivity contribution < 1.29 is 19.2 Å². The first kappa shape index (κ1) is 18.6. The molecule has 0 aliphatic rings. The number of anilines is 1. The highest BCUT2D eigenvalue weighted by atomic mass is 16.6. The SMILES string of the molecule is COc1ccc(C)cc1NC(=O)C(=O)N/N=C\c1ccc([N+](=O)[O-])cc1. The molecular weight excluding hydrogens is 340 g/mol. The first-order valence-electron chi connectivity index (χ1n) is 7.44. The summed E-state index contributed by atoms with van der Waals surface area (Å²) in [5.74, 6) is -1.45. The number of methoxy groups -OCH3 is 1. The molecule has 0 spiro atoms. The van der Waals surface area contributed by atoms with Gasteiger partial charge in [-0.15, -0.1) is 0 Å². The van der Waals surface area contributed by atoms with Gasteiger partial charge < -0.3 is 10.1 Å². The maximum Gasteiger partial charge on any atom is 0.329 e. The Kier molecular flexibility index (Phi) is 5.99. The van der Waals surface area contributed by atoms with Crippen molar-refractivity contribution in [2.45, 2.75) is 6.92 Å². The lowest BCUT2D eigenvalue weighted by Gasteiger charge is -2.10. The average Bonchev–Trinajstić information content (AvgIpc) is 2.62. The van der Waals surface area contributed by atoms with Crippen LogP contribution in [0.25, 0.3) is 0 Å². The second-order valence-corrected chi connectivity index (χ2v) is 5.21. The highest BCUT2D eigenvalue weighted by Crippen LogP contribution is 2.24. The number of ether oxygens (including phenoxy) is 1. The molecule has 9 nitrogen and oxygen atoms in total. The van der Waals surface area contributed by atoms with Crippen LogP contribution in [0.5, 0.6) is 5.75 Å². The van der Waals surface area contributed by atoms with E-state index in [0.717, 1.165) is 5.56 Å². The minimum Gasteiger partial charge on any atom is -0.495 e. The molecule has 0 fully saturated rings. The van der Waals surface area contributed by atoms with Gasteiger partial charge in [0.2, 0.25) is 0 Å². The number of hydrazone groups is 1. The van der Waals surface area contributed by atoms with Crippen LogP contribution in [-0.4, -0.2) is 30.1 Å². The van der Waals surface area contributed by atoms with Crippen LogP contribution in [0.4, 0.5) is 11.4 Å². The molecule has 0 unspecified atom stereocenters. The largest absolute Gasteiger partial charge is 0.495 e. The Morgan fingerprint density at radius 3 is 2.46 bits per heavy atom. The number of nitrogens with one attached hydrogen (secondary N) is 2. The van der Waals surface area contributed by atoms with E-state index < -0.39 is 16.7 Å². The van der Waals surface area contributed by atoms with Crippen molar-refractivity contribution in [3.8, 4) is 5.75 Å². The van der Waals surface area contributed by atoms with Crippen LogP contribution >= 0.6 is 0 Å². The van der Waals surface area contributed by atoms with Crippen molar-refractivity contribution in [2.24, 2.45) is 5.10 Å². The lowest BCUT2D eigenvalue weighted by atomic mass is 10.2. The number of aryl methyl sites for hydroxylation is 1. The quantitative estimate of drug-likeness (QED) is 0.367. The molecule has 0 atom stereocenters. The fourth-order valence-electron chi connectivity index (χ4n) is 2.00. The molecule has 0 bridgehead atoms. The lowest BCUT2D eigenvalue weighted by molar-refractivity contribution is -0.384.